The first-order valence-electron chi connectivity index (χ1n) is 8.87. The minimum absolute atomic E-state index is 0.0941. The van der Waals surface area contributed by atoms with Crippen LogP contribution in [-0.4, -0.2) is 65.4 Å². The second-order valence-corrected chi connectivity index (χ2v) is 10.5. The standard InChI is InChI=1S/C15H22N2O.C2F6NO4S2/c1-4-15(18)16-11-8-12-17(2,3)13-14-9-6-5-7-10-14;3-1(4,5)14(10,11)9-15(12,13)2(6,7)8/h4-7,9-10H,1,8,11-13H2,2-3H3;/q;-1/p+1. The highest BCUT2D eigenvalue weighted by Crippen LogP contribution is 2.36. The molecular weight excluding hydrogens is 504 g/mol. The van der Waals surface area contributed by atoms with Gasteiger partial charge in [-0.25, -0.2) is 16.8 Å². The third-order valence-electron chi connectivity index (χ3n) is 3.66. The summed E-state index contributed by atoms with van der Waals surface area (Å²) < 4.78 is 110. The second kappa shape index (κ2) is 11.8. The normalized spacial score (nSPS) is 13.0. The van der Waals surface area contributed by atoms with E-state index >= 15 is 0 Å². The fraction of sp³-hybridized carbons (Fsp3) is 0.471. The topological polar surface area (TPSA) is 111 Å². The molecule has 1 aromatic rings. The lowest BCUT2D eigenvalue weighted by atomic mass is 10.2. The summed E-state index contributed by atoms with van der Waals surface area (Å²) in [7, 11) is -9.02. The van der Waals surface area contributed by atoms with Crippen LogP contribution in [0, 0.1) is 0 Å². The molecule has 1 rings (SSSR count). The van der Waals surface area contributed by atoms with Crippen molar-refractivity contribution in [3.05, 3.63) is 52.7 Å². The molecule has 1 aromatic carbocycles. The largest absolute Gasteiger partial charge is 0.480 e. The van der Waals surface area contributed by atoms with Crippen molar-refractivity contribution in [3.63, 3.8) is 0 Å². The van der Waals surface area contributed by atoms with Crippen molar-refractivity contribution in [1.29, 1.82) is 0 Å². The highest BCUT2D eigenvalue weighted by molar-refractivity contribution is 8.13. The molecule has 0 aliphatic heterocycles. The van der Waals surface area contributed by atoms with Crippen LogP contribution >= 0.6 is 0 Å². The molecule has 0 aromatic heterocycles. The Morgan fingerprint density at radius 2 is 1.45 bits per heavy atom. The van der Waals surface area contributed by atoms with E-state index in [1.807, 2.05) is 6.07 Å². The van der Waals surface area contributed by atoms with E-state index in [2.05, 4.69) is 50.3 Å². The van der Waals surface area contributed by atoms with E-state index in [0.29, 0.717) is 6.54 Å². The summed E-state index contributed by atoms with van der Waals surface area (Å²) >= 11 is 0. The molecule has 1 amide bonds. The average molecular weight is 528 g/mol. The smallest absolute Gasteiger partial charge is 0.421 e. The number of alkyl halides is 6. The molecule has 0 bridgehead atoms. The van der Waals surface area contributed by atoms with Crippen molar-refractivity contribution in [3.8, 4) is 0 Å². The van der Waals surface area contributed by atoms with E-state index in [0.717, 1.165) is 28.1 Å². The predicted octanol–water partition coefficient (Wildman–Crippen LogP) is 3.01. The van der Waals surface area contributed by atoms with Gasteiger partial charge in [-0.3, -0.25) is 4.79 Å². The Hall–Kier alpha value is -2.17. The minimum Gasteiger partial charge on any atom is -0.421 e. The number of hydrogen-bond donors (Lipinski definition) is 1. The number of amides is 1. The van der Waals surface area contributed by atoms with Crippen LogP contribution in [0.1, 0.15) is 12.0 Å². The van der Waals surface area contributed by atoms with Crippen LogP contribution in [0.15, 0.2) is 43.0 Å². The summed E-state index contributed by atoms with van der Waals surface area (Å²) in [5.41, 5.74) is -11.1. The fourth-order valence-electron chi connectivity index (χ4n) is 2.16. The van der Waals surface area contributed by atoms with Crippen molar-refractivity contribution < 1.29 is 52.5 Å². The number of hydrogen-bond acceptors (Lipinski definition) is 5. The van der Waals surface area contributed by atoms with Gasteiger partial charge in [0, 0.05) is 18.5 Å². The highest BCUT2D eigenvalue weighted by Gasteiger charge is 2.46. The number of rotatable bonds is 9. The fourth-order valence-corrected chi connectivity index (χ4v) is 3.87. The Kier molecular flexibility index (Phi) is 11.0. The van der Waals surface area contributed by atoms with Gasteiger partial charge in [-0.15, -0.1) is 0 Å². The second-order valence-electron chi connectivity index (χ2n) is 7.07. The van der Waals surface area contributed by atoms with E-state index in [1.165, 1.54) is 11.6 Å². The lowest BCUT2D eigenvalue weighted by Gasteiger charge is -2.30. The van der Waals surface area contributed by atoms with Gasteiger partial charge in [-0.2, -0.15) is 26.3 Å². The lowest BCUT2D eigenvalue weighted by Crippen LogP contribution is -2.40. The maximum Gasteiger partial charge on any atom is 0.480 e. The summed E-state index contributed by atoms with van der Waals surface area (Å²) in [6.07, 6.45) is 2.28. The number of halogens is 6. The van der Waals surface area contributed by atoms with Gasteiger partial charge in [0.15, 0.2) is 20.0 Å². The molecule has 190 valence electrons. The molecular formula is C17H23F6N3O5S2. The molecule has 1 N–H and O–H groups in total. The maximum atomic E-state index is 11.4. The zero-order chi connectivity index (χ0) is 26.1. The van der Waals surface area contributed by atoms with Crippen molar-refractivity contribution in [2.75, 3.05) is 27.2 Å². The summed E-state index contributed by atoms with van der Waals surface area (Å²) in [6, 6.07) is 10.5. The molecule has 8 nitrogen and oxygen atoms in total. The Morgan fingerprint density at radius 1 is 1.00 bits per heavy atom. The van der Waals surface area contributed by atoms with E-state index in [4.69, 9.17) is 0 Å². The number of carbonyl (C=O) groups is 1. The first-order valence-corrected chi connectivity index (χ1v) is 11.7. The highest BCUT2D eigenvalue weighted by atomic mass is 32.3. The third kappa shape index (κ3) is 11.5. The maximum absolute atomic E-state index is 11.4. The van der Waals surface area contributed by atoms with Gasteiger partial charge in [0.2, 0.25) is 5.91 Å². The molecule has 0 saturated carbocycles. The molecule has 0 atom stereocenters. The number of nitrogens with one attached hydrogen (secondary N) is 1. The van der Waals surface area contributed by atoms with Gasteiger partial charge in [-0.1, -0.05) is 36.9 Å². The molecule has 0 spiro atoms. The molecule has 0 aliphatic carbocycles. The van der Waals surface area contributed by atoms with Crippen LogP contribution in [-0.2, 0) is 31.4 Å². The molecule has 0 unspecified atom stereocenters. The predicted molar refractivity (Wildman–Crippen MR) is 108 cm³/mol. The summed E-state index contributed by atoms with van der Waals surface area (Å²) in [6.45, 7) is 6.18. The quantitative estimate of drug-likeness (QED) is 0.230. The zero-order valence-electron chi connectivity index (χ0n) is 17.5. The van der Waals surface area contributed by atoms with Crippen molar-refractivity contribution >= 4 is 26.0 Å². The molecule has 33 heavy (non-hydrogen) atoms. The van der Waals surface area contributed by atoms with Crippen molar-refractivity contribution in [2.24, 2.45) is 0 Å². The Bertz CT molecular complexity index is 950. The van der Waals surface area contributed by atoms with Gasteiger partial charge >= 0.3 is 11.0 Å². The van der Waals surface area contributed by atoms with Crippen LogP contribution in [0.4, 0.5) is 26.3 Å². The van der Waals surface area contributed by atoms with Gasteiger partial charge in [-0.05, 0) is 6.08 Å². The minimum atomic E-state index is -6.72. The summed E-state index contributed by atoms with van der Waals surface area (Å²) in [4.78, 5) is 11.0. The van der Waals surface area contributed by atoms with E-state index in [-0.39, 0.29) is 5.91 Å². The van der Waals surface area contributed by atoms with Crippen LogP contribution in [0.25, 0.3) is 4.13 Å². The Balaban J connectivity index is 0.000000633. The van der Waals surface area contributed by atoms with Crippen molar-refractivity contribution in [1.82, 2.24) is 5.32 Å². The van der Waals surface area contributed by atoms with Crippen LogP contribution in [0.2, 0.25) is 0 Å². The first-order chi connectivity index (χ1) is 14.7. The lowest BCUT2D eigenvalue weighted by molar-refractivity contribution is -0.903. The van der Waals surface area contributed by atoms with Gasteiger partial charge in [0.05, 0.1) is 20.6 Å². The van der Waals surface area contributed by atoms with Crippen LogP contribution in [0.3, 0.4) is 0 Å². The van der Waals surface area contributed by atoms with Gasteiger partial charge in [0.25, 0.3) is 0 Å². The van der Waals surface area contributed by atoms with Crippen LogP contribution in [0.5, 0.6) is 0 Å². The number of nitrogens with zero attached hydrogens (tertiary/aromatic N) is 2. The zero-order valence-corrected chi connectivity index (χ0v) is 19.2. The monoisotopic (exact) mass is 527 g/mol. The summed E-state index contributed by atoms with van der Waals surface area (Å²) in [5, 5.41) is 2.80. The number of carbonyl (C=O) groups excluding carboxylic acids is 1. The molecule has 0 heterocycles. The van der Waals surface area contributed by atoms with Gasteiger partial charge < -0.3 is 13.9 Å². The molecule has 16 heteroatoms. The Labute approximate surface area is 188 Å². The summed E-state index contributed by atoms with van der Waals surface area (Å²) in [5.74, 6) is -0.0941. The average Bonchev–Trinajstić information content (AvgIpc) is 2.63. The number of quaternary nitrogens is 1. The van der Waals surface area contributed by atoms with E-state index in [1.54, 1.807) is 0 Å². The van der Waals surface area contributed by atoms with Crippen LogP contribution < -0.4 is 5.32 Å². The van der Waals surface area contributed by atoms with Crippen molar-refractivity contribution in [2.45, 2.75) is 24.0 Å². The molecule has 0 aliphatic rings. The van der Waals surface area contributed by atoms with E-state index < -0.39 is 31.1 Å². The Morgan fingerprint density at radius 3 is 1.85 bits per heavy atom. The number of sulfonamides is 2. The third-order valence-corrected chi connectivity index (χ3v) is 6.40. The molecule has 0 radical (unpaired) electrons. The SMILES string of the molecule is C=CC(=O)NCCC[N+](C)(C)Cc1ccccc1.O=S(=O)([N-]S(=O)(=O)C(F)(F)F)C(F)(F)F. The van der Waals surface area contributed by atoms with Gasteiger partial charge in [0.1, 0.15) is 6.54 Å². The first kappa shape index (κ1) is 30.8. The van der Waals surface area contributed by atoms with E-state index in [9.17, 15) is 48.0 Å². The number of benzene rings is 1. The molecule has 0 fully saturated rings. The molecule has 0 saturated heterocycles.